The Balaban J connectivity index is 5.24. The molecule has 0 aromatic rings. The molecule has 89 heavy (non-hydrogen) atoms. The molecule has 0 heterocycles. The molecule has 0 bridgehead atoms. The number of phosphoric ester groups is 2. The van der Waals surface area contributed by atoms with Crippen molar-refractivity contribution in [3.05, 3.63) is 0 Å². The fourth-order valence-corrected chi connectivity index (χ4v) is 12.2. The van der Waals surface area contributed by atoms with E-state index in [9.17, 15) is 43.2 Å². The Morgan fingerprint density at radius 2 is 0.517 bits per heavy atom. The highest BCUT2D eigenvalue weighted by Gasteiger charge is 2.30. The van der Waals surface area contributed by atoms with Gasteiger partial charge in [-0.05, 0) is 31.6 Å². The molecule has 17 nitrogen and oxygen atoms in total. The predicted molar refractivity (Wildman–Crippen MR) is 358 cm³/mol. The Labute approximate surface area is 543 Å². The zero-order valence-corrected chi connectivity index (χ0v) is 59.4. The molecule has 0 aliphatic carbocycles. The number of aliphatic hydroxyl groups excluding tert-OH is 1. The average molecular weight is 1310 g/mol. The Morgan fingerprint density at radius 3 is 0.764 bits per heavy atom. The summed E-state index contributed by atoms with van der Waals surface area (Å²) in [6.45, 7) is 7.24. The van der Waals surface area contributed by atoms with Crippen LogP contribution in [0.5, 0.6) is 0 Å². The van der Waals surface area contributed by atoms with E-state index in [-0.39, 0.29) is 25.7 Å². The first-order valence-corrected chi connectivity index (χ1v) is 39.6. The molecule has 0 spiro atoms. The third-order valence-corrected chi connectivity index (χ3v) is 18.2. The van der Waals surface area contributed by atoms with Crippen LogP contribution in [0.15, 0.2) is 0 Å². The summed E-state index contributed by atoms with van der Waals surface area (Å²) in [5, 5.41) is 10.6. The second kappa shape index (κ2) is 63.5. The molecule has 528 valence electrons. The number of unbranched alkanes of at least 4 members (excludes halogenated alkanes) is 42. The molecule has 2 unspecified atom stereocenters. The molecule has 3 N–H and O–H groups in total. The van der Waals surface area contributed by atoms with E-state index >= 15 is 0 Å². The summed E-state index contributed by atoms with van der Waals surface area (Å²) in [5.74, 6) is -1.36. The number of aliphatic hydroxyl groups is 1. The van der Waals surface area contributed by atoms with E-state index in [1.54, 1.807) is 0 Å². The van der Waals surface area contributed by atoms with Crippen molar-refractivity contribution in [2.45, 2.75) is 380 Å². The van der Waals surface area contributed by atoms with Crippen molar-refractivity contribution in [3.8, 4) is 0 Å². The lowest BCUT2D eigenvalue weighted by atomic mass is 10.0. The SMILES string of the molecule is CCCCCCCCCCCCCCCCC(=O)OC[C@H](COP(=O)(O)OC[C@@H](O)COP(=O)(O)OC[C@@H](COC(=O)CCCCCCCCCCC)OC(=O)CCCCCCCCCCCCCC)OC(=O)CCCCCCCCCCCCCC(C)C. The number of esters is 4. The van der Waals surface area contributed by atoms with Crippen molar-refractivity contribution < 1.29 is 80.2 Å². The molecule has 0 radical (unpaired) electrons. The molecular weight excluding hydrogens is 1170 g/mol. The highest BCUT2D eigenvalue weighted by atomic mass is 31.2. The predicted octanol–water partition coefficient (Wildman–Crippen LogP) is 20.1. The van der Waals surface area contributed by atoms with Gasteiger partial charge >= 0.3 is 39.5 Å². The fourth-order valence-electron chi connectivity index (χ4n) is 10.6. The van der Waals surface area contributed by atoms with E-state index < -0.39 is 97.5 Å². The van der Waals surface area contributed by atoms with Gasteiger partial charge < -0.3 is 33.8 Å². The van der Waals surface area contributed by atoms with Crippen LogP contribution in [0.1, 0.15) is 362 Å². The second-order valence-corrected chi connectivity index (χ2v) is 28.7. The monoisotopic (exact) mass is 1310 g/mol. The van der Waals surface area contributed by atoms with E-state index in [1.807, 2.05) is 0 Å². The van der Waals surface area contributed by atoms with Gasteiger partial charge in [0.05, 0.1) is 26.4 Å². The molecule has 0 aromatic carbocycles. The van der Waals surface area contributed by atoms with Gasteiger partial charge in [-0.25, -0.2) is 9.13 Å². The summed E-state index contributed by atoms with van der Waals surface area (Å²) in [6.07, 6.45) is 49.8. The zero-order chi connectivity index (χ0) is 65.6. The number of rotatable bonds is 70. The first kappa shape index (κ1) is 87.1. The largest absolute Gasteiger partial charge is 0.472 e. The molecule has 0 aliphatic heterocycles. The molecule has 19 heteroatoms. The van der Waals surface area contributed by atoms with Gasteiger partial charge in [0.2, 0.25) is 0 Å². The van der Waals surface area contributed by atoms with E-state index in [4.69, 9.17) is 37.0 Å². The topological polar surface area (TPSA) is 237 Å². The van der Waals surface area contributed by atoms with Crippen LogP contribution >= 0.6 is 15.6 Å². The lowest BCUT2D eigenvalue weighted by Gasteiger charge is -2.21. The maximum absolute atomic E-state index is 13.0. The second-order valence-electron chi connectivity index (χ2n) is 25.7. The number of carbonyl (C=O) groups is 4. The van der Waals surface area contributed by atoms with Gasteiger partial charge in [0.25, 0.3) is 0 Å². The zero-order valence-electron chi connectivity index (χ0n) is 57.6. The van der Waals surface area contributed by atoms with Crippen LogP contribution in [0.3, 0.4) is 0 Å². The summed E-state index contributed by atoms with van der Waals surface area (Å²) in [5.41, 5.74) is 0. The van der Waals surface area contributed by atoms with Gasteiger partial charge in [0.15, 0.2) is 12.2 Å². The summed E-state index contributed by atoms with van der Waals surface area (Å²) in [4.78, 5) is 72.5. The number of hydrogen-bond acceptors (Lipinski definition) is 15. The maximum atomic E-state index is 13.0. The number of ether oxygens (including phenoxy) is 4. The van der Waals surface area contributed by atoms with Crippen molar-refractivity contribution in [3.63, 3.8) is 0 Å². The quantitative estimate of drug-likeness (QED) is 0.0222. The number of carbonyl (C=O) groups excluding carboxylic acids is 4. The standard InChI is InChI=1S/C70H136O17P2/c1-6-9-12-15-18-21-23-25-26-30-34-39-44-49-54-68(73)81-60-66(87-70(75)56-51-46-41-36-31-27-28-33-37-42-47-52-63(4)5)62-85-89(78,79)83-58-64(71)57-82-88(76,77)84-61-65(59-80-67(72)53-48-43-38-32-20-17-14-11-8-3)86-69(74)55-50-45-40-35-29-24-22-19-16-13-10-7-2/h63-66,71H,6-62H2,1-5H3,(H,76,77)(H,78,79)/t64-,65+,66+/m0/s1. The minimum atomic E-state index is -4.95. The first-order valence-electron chi connectivity index (χ1n) is 36.6. The van der Waals surface area contributed by atoms with Gasteiger partial charge in [-0.2, -0.15) is 0 Å². The van der Waals surface area contributed by atoms with Gasteiger partial charge in [0.1, 0.15) is 19.3 Å². The minimum Gasteiger partial charge on any atom is -0.462 e. The smallest absolute Gasteiger partial charge is 0.462 e. The van der Waals surface area contributed by atoms with E-state index in [1.165, 1.54) is 186 Å². The van der Waals surface area contributed by atoms with Crippen LogP contribution in [0.2, 0.25) is 0 Å². The molecule has 0 rings (SSSR count). The average Bonchev–Trinajstić information content (AvgIpc) is 3.72. The van der Waals surface area contributed by atoms with Crippen LogP contribution < -0.4 is 0 Å². The van der Waals surface area contributed by atoms with Gasteiger partial charge in [0, 0.05) is 25.7 Å². The third kappa shape index (κ3) is 64.6. The van der Waals surface area contributed by atoms with Crippen molar-refractivity contribution in [2.75, 3.05) is 39.6 Å². The summed E-state index contributed by atoms with van der Waals surface area (Å²) in [7, 11) is -9.90. The summed E-state index contributed by atoms with van der Waals surface area (Å²) in [6, 6.07) is 0. The third-order valence-electron chi connectivity index (χ3n) is 16.3. The Kier molecular flexibility index (Phi) is 62.1. The molecule has 5 atom stereocenters. The first-order chi connectivity index (χ1) is 43.0. The Morgan fingerprint density at radius 1 is 0.303 bits per heavy atom. The molecule has 0 aliphatic rings. The molecular formula is C70H136O17P2. The minimum absolute atomic E-state index is 0.107. The van der Waals surface area contributed by atoms with Crippen LogP contribution in [0, 0.1) is 5.92 Å². The van der Waals surface area contributed by atoms with Gasteiger partial charge in [-0.3, -0.25) is 37.3 Å². The lowest BCUT2D eigenvalue weighted by molar-refractivity contribution is -0.161. The normalized spacial score (nSPS) is 14.1. The van der Waals surface area contributed by atoms with Crippen molar-refractivity contribution in [1.29, 1.82) is 0 Å². The van der Waals surface area contributed by atoms with Gasteiger partial charge in [-0.15, -0.1) is 0 Å². The van der Waals surface area contributed by atoms with Crippen molar-refractivity contribution >= 4 is 39.5 Å². The van der Waals surface area contributed by atoms with E-state index in [0.717, 1.165) is 95.8 Å². The summed E-state index contributed by atoms with van der Waals surface area (Å²) >= 11 is 0. The molecule has 0 saturated heterocycles. The number of phosphoric acid groups is 2. The highest BCUT2D eigenvalue weighted by molar-refractivity contribution is 7.47. The van der Waals surface area contributed by atoms with E-state index in [2.05, 4.69) is 34.6 Å². The van der Waals surface area contributed by atoms with Crippen LogP contribution in [-0.4, -0.2) is 96.7 Å². The van der Waals surface area contributed by atoms with Crippen molar-refractivity contribution in [2.24, 2.45) is 5.92 Å². The Bertz CT molecular complexity index is 1720. The molecule has 0 fully saturated rings. The Hall–Kier alpha value is -1.94. The van der Waals surface area contributed by atoms with Crippen molar-refractivity contribution in [1.82, 2.24) is 0 Å². The lowest BCUT2D eigenvalue weighted by Crippen LogP contribution is -2.30. The van der Waals surface area contributed by atoms with E-state index in [0.29, 0.717) is 25.7 Å². The molecule has 0 saturated carbocycles. The maximum Gasteiger partial charge on any atom is 0.472 e. The molecule has 0 amide bonds. The number of hydrogen-bond donors (Lipinski definition) is 3. The highest BCUT2D eigenvalue weighted by Crippen LogP contribution is 2.45. The van der Waals surface area contributed by atoms with Gasteiger partial charge in [-0.1, -0.05) is 311 Å². The molecule has 0 aromatic heterocycles. The van der Waals surface area contributed by atoms with Crippen LogP contribution in [-0.2, 0) is 65.4 Å². The van der Waals surface area contributed by atoms with Crippen LogP contribution in [0.25, 0.3) is 0 Å². The fraction of sp³-hybridized carbons (Fsp3) is 0.943. The van der Waals surface area contributed by atoms with Crippen LogP contribution in [0.4, 0.5) is 0 Å². The summed E-state index contributed by atoms with van der Waals surface area (Å²) < 4.78 is 68.3.